The minimum Gasteiger partial charge on any atom is -0.483 e. The first kappa shape index (κ1) is 17.3. The molecule has 0 aliphatic carbocycles. The van der Waals surface area contributed by atoms with E-state index in [0.717, 1.165) is 16.9 Å². The highest BCUT2D eigenvalue weighted by molar-refractivity contribution is 7.99. The molecule has 0 radical (unpaired) electrons. The summed E-state index contributed by atoms with van der Waals surface area (Å²) in [5.74, 6) is 1.42. The molecule has 1 atom stereocenters. The van der Waals surface area contributed by atoms with Crippen LogP contribution in [0, 0.1) is 13.8 Å². The van der Waals surface area contributed by atoms with E-state index in [1.807, 2.05) is 44.5 Å². The number of hydrogen-bond donors (Lipinski definition) is 0. The van der Waals surface area contributed by atoms with Crippen molar-refractivity contribution in [2.45, 2.75) is 32.0 Å². The van der Waals surface area contributed by atoms with Crippen molar-refractivity contribution in [3.8, 4) is 5.75 Å². The molecule has 0 bridgehead atoms. The highest BCUT2D eigenvalue weighted by atomic mass is 32.2. The van der Waals surface area contributed by atoms with Crippen molar-refractivity contribution in [1.29, 1.82) is 0 Å². The SMILES string of the molecule is COC(=O)CSc1nnc(C(C)Oc2cc(C)cc(C)c2)n1C. The highest BCUT2D eigenvalue weighted by Crippen LogP contribution is 2.25. The molecule has 0 saturated carbocycles. The maximum atomic E-state index is 11.2. The normalized spacial score (nSPS) is 12.0. The third-order valence-corrected chi connectivity index (χ3v) is 4.28. The van der Waals surface area contributed by atoms with Gasteiger partial charge in [0.15, 0.2) is 17.1 Å². The lowest BCUT2D eigenvalue weighted by atomic mass is 10.1. The van der Waals surface area contributed by atoms with Gasteiger partial charge < -0.3 is 14.0 Å². The monoisotopic (exact) mass is 335 g/mol. The first-order valence-electron chi connectivity index (χ1n) is 7.24. The Balaban J connectivity index is 2.09. The third kappa shape index (κ3) is 4.48. The molecule has 7 heteroatoms. The molecule has 0 spiro atoms. The van der Waals surface area contributed by atoms with E-state index in [2.05, 4.69) is 21.0 Å². The zero-order valence-electron chi connectivity index (χ0n) is 14.0. The molecule has 0 saturated heterocycles. The maximum absolute atomic E-state index is 11.2. The van der Waals surface area contributed by atoms with Crippen LogP contribution >= 0.6 is 11.8 Å². The van der Waals surface area contributed by atoms with Gasteiger partial charge in [-0.25, -0.2) is 0 Å². The molecule has 0 aliphatic rings. The van der Waals surface area contributed by atoms with E-state index < -0.39 is 0 Å². The van der Waals surface area contributed by atoms with Crippen LogP contribution in [0.4, 0.5) is 0 Å². The Bertz CT molecular complexity index is 680. The van der Waals surface area contributed by atoms with Crippen LogP contribution in [0.15, 0.2) is 23.4 Å². The summed E-state index contributed by atoms with van der Waals surface area (Å²) in [5, 5.41) is 8.94. The lowest BCUT2D eigenvalue weighted by molar-refractivity contribution is -0.137. The van der Waals surface area contributed by atoms with Crippen molar-refractivity contribution in [2.24, 2.45) is 7.05 Å². The summed E-state index contributed by atoms with van der Waals surface area (Å²) in [4.78, 5) is 11.2. The molecule has 0 fully saturated rings. The second-order valence-electron chi connectivity index (χ2n) is 5.35. The van der Waals surface area contributed by atoms with Crippen molar-refractivity contribution in [3.05, 3.63) is 35.2 Å². The van der Waals surface area contributed by atoms with Crippen molar-refractivity contribution in [2.75, 3.05) is 12.9 Å². The molecule has 0 amide bonds. The molecule has 2 rings (SSSR count). The van der Waals surface area contributed by atoms with Crippen LogP contribution in [-0.4, -0.2) is 33.6 Å². The summed E-state index contributed by atoms with van der Waals surface area (Å²) in [7, 11) is 3.22. The average Bonchev–Trinajstić information content (AvgIpc) is 2.84. The first-order chi connectivity index (χ1) is 10.9. The number of thioether (sulfide) groups is 1. The Hall–Kier alpha value is -2.02. The number of nitrogens with zero attached hydrogens (tertiary/aromatic N) is 3. The molecule has 2 aromatic rings. The number of aryl methyl sites for hydroxylation is 2. The van der Waals surface area contributed by atoms with E-state index in [4.69, 9.17) is 4.74 Å². The van der Waals surface area contributed by atoms with Gasteiger partial charge in [0, 0.05) is 7.05 Å². The van der Waals surface area contributed by atoms with Gasteiger partial charge in [-0.2, -0.15) is 0 Å². The van der Waals surface area contributed by atoms with Gasteiger partial charge in [0.1, 0.15) is 5.75 Å². The summed E-state index contributed by atoms with van der Waals surface area (Å²) in [6.45, 7) is 6.00. The summed E-state index contributed by atoms with van der Waals surface area (Å²) < 4.78 is 12.4. The molecule has 1 heterocycles. The van der Waals surface area contributed by atoms with Gasteiger partial charge in [0.05, 0.1) is 12.9 Å². The zero-order chi connectivity index (χ0) is 17.0. The lowest BCUT2D eigenvalue weighted by Crippen LogP contribution is -2.10. The van der Waals surface area contributed by atoms with E-state index in [0.29, 0.717) is 11.0 Å². The van der Waals surface area contributed by atoms with Crippen LogP contribution in [-0.2, 0) is 16.6 Å². The fourth-order valence-corrected chi connectivity index (χ4v) is 3.00. The Morgan fingerprint density at radius 3 is 2.52 bits per heavy atom. The van der Waals surface area contributed by atoms with E-state index in [9.17, 15) is 4.79 Å². The van der Waals surface area contributed by atoms with Crippen molar-refractivity contribution in [1.82, 2.24) is 14.8 Å². The van der Waals surface area contributed by atoms with Gasteiger partial charge in [-0.15, -0.1) is 10.2 Å². The molecule has 1 aromatic carbocycles. The maximum Gasteiger partial charge on any atom is 0.316 e. The number of esters is 1. The topological polar surface area (TPSA) is 66.2 Å². The molecule has 0 aliphatic heterocycles. The number of ether oxygens (including phenoxy) is 2. The van der Waals surface area contributed by atoms with Crippen molar-refractivity contribution in [3.63, 3.8) is 0 Å². The van der Waals surface area contributed by atoms with Gasteiger partial charge in [-0.1, -0.05) is 17.8 Å². The van der Waals surface area contributed by atoms with Gasteiger partial charge in [-0.3, -0.25) is 4.79 Å². The third-order valence-electron chi connectivity index (χ3n) is 3.29. The van der Waals surface area contributed by atoms with Gasteiger partial charge >= 0.3 is 5.97 Å². The molecule has 1 unspecified atom stereocenters. The zero-order valence-corrected chi connectivity index (χ0v) is 14.8. The largest absolute Gasteiger partial charge is 0.483 e. The van der Waals surface area contributed by atoms with E-state index in [1.54, 1.807) is 0 Å². The van der Waals surface area contributed by atoms with E-state index in [1.165, 1.54) is 18.9 Å². The fourth-order valence-electron chi connectivity index (χ4n) is 2.25. The minimum atomic E-state index is -0.293. The average molecular weight is 335 g/mol. The quantitative estimate of drug-likeness (QED) is 0.597. The molecule has 124 valence electrons. The Morgan fingerprint density at radius 1 is 1.26 bits per heavy atom. The van der Waals surface area contributed by atoms with E-state index in [-0.39, 0.29) is 17.8 Å². The number of hydrogen-bond acceptors (Lipinski definition) is 6. The summed E-state index contributed by atoms with van der Waals surface area (Å²) in [5.41, 5.74) is 2.30. The second kappa shape index (κ2) is 7.50. The fraction of sp³-hybridized carbons (Fsp3) is 0.438. The number of carbonyl (C=O) groups excluding carboxylic acids is 1. The Labute approximate surface area is 140 Å². The predicted octanol–water partition coefficient (Wildman–Crippen LogP) is 2.84. The standard InChI is InChI=1S/C16H21N3O3S/c1-10-6-11(2)8-13(7-10)22-12(3)15-17-18-16(19(15)4)23-9-14(20)21-5/h6-8,12H,9H2,1-5H3. The van der Waals surface area contributed by atoms with Crippen LogP contribution in [0.3, 0.4) is 0 Å². The van der Waals surface area contributed by atoms with Gasteiger partial charge in [0.2, 0.25) is 0 Å². The Kier molecular flexibility index (Phi) is 5.65. The Morgan fingerprint density at radius 2 is 1.91 bits per heavy atom. The number of benzene rings is 1. The van der Waals surface area contributed by atoms with Crippen LogP contribution in [0.25, 0.3) is 0 Å². The summed E-state index contributed by atoms with van der Waals surface area (Å²) >= 11 is 1.29. The lowest BCUT2D eigenvalue weighted by Gasteiger charge is -2.15. The van der Waals surface area contributed by atoms with E-state index >= 15 is 0 Å². The summed E-state index contributed by atoms with van der Waals surface area (Å²) in [6.07, 6.45) is -0.249. The minimum absolute atomic E-state index is 0.203. The number of methoxy groups -OCH3 is 1. The van der Waals surface area contributed by atoms with Crippen LogP contribution < -0.4 is 4.74 Å². The van der Waals surface area contributed by atoms with Crippen LogP contribution in [0.5, 0.6) is 5.75 Å². The summed E-state index contributed by atoms with van der Waals surface area (Å²) in [6, 6.07) is 6.08. The smallest absolute Gasteiger partial charge is 0.316 e. The molecule has 23 heavy (non-hydrogen) atoms. The predicted molar refractivity (Wildman–Crippen MR) is 88.7 cm³/mol. The molecule has 6 nitrogen and oxygen atoms in total. The van der Waals surface area contributed by atoms with Gasteiger partial charge in [0.25, 0.3) is 0 Å². The molecular weight excluding hydrogens is 314 g/mol. The van der Waals surface area contributed by atoms with Crippen LogP contribution in [0.1, 0.15) is 30.0 Å². The van der Waals surface area contributed by atoms with Crippen molar-refractivity contribution < 1.29 is 14.3 Å². The number of aromatic nitrogens is 3. The molecule has 0 N–H and O–H groups in total. The van der Waals surface area contributed by atoms with Crippen LogP contribution in [0.2, 0.25) is 0 Å². The molecular formula is C16H21N3O3S. The number of carbonyl (C=O) groups is 1. The van der Waals surface area contributed by atoms with Crippen molar-refractivity contribution >= 4 is 17.7 Å². The molecule has 1 aromatic heterocycles. The number of rotatable bonds is 6. The van der Waals surface area contributed by atoms with Gasteiger partial charge in [-0.05, 0) is 44.0 Å². The second-order valence-corrected chi connectivity index (χ2v) is 6.29. The first-order valence-corrected chi connectivity index (χ1v) is 8.23. The highest BCUT2D eigenvalue weighted by Gasteiger charge is 2.18.